The van der Waals surface area contributed by atoms with Crippen molar-refractivity contribution in [3.63, 3.8) is 0 Å². The Morgan fingerprint density at radius 3 is 2.42 bits per heavy atom. The molecule has 0 aliphatic rings. The van der Waals surface area contributed by atoms with Crippen molar-refractivity contribution in [1.29, 1.82) is 0 Å². The molecule has 0 amide bonds. The van der Waals surface area contributed by atoms with Crippen LogP contribution < -0.4 is 10.1 Å². The highest BCUT2D eigenvalue weighted by molar-refractivity contribution is 5.28. The SMILES string of the molecule is COCCCOCCN[C@H](C)c1ccc(OC)cc1. The van der Waals surface area contributed by atoms with Crippen molar-refractivity contribution in [2.45, 2.75) is 19.4 Å². The first kappa shape index (κ1) is 16.0. The highest BCUT2D eigenvalue weighted by Crippen LogP contribution is 2.16. The average molecular weight is 267 g/mol. The summed E-state index contributed by atoms with van der Waals surface area (Å²) in [5.41, 5.74) is 1.25. The van der Waals surface area contributed by atoms with Crippen molar-refractivity contribution in [2.24, 2.45) is 0 Å². The van der Waals surface area contributed by atoms with Crippen molar-refractivity contribution >= 4 is 0 Å². The molecule has 0 aromatic heterocycles. The van der Waals surface area contributed by atoms with Gasteiger partial charge in [-0.05, 0) is 31.0 Å². The van der Waals surface area contributed by atoms with Crippen molar-refractivity contribution in [2.75, 3.05) is 40.6 Å². The van der Waals surface area contributed by atoms with E-state index < -0.39 is 0 Å². The number of nitrogens with one attached hydrogen (secondary N) is 1. The molecule has 0 bridgehead atoms. The van der Waals surface area contributed by atoms with E-state index in [0.29, 0.717) is 6.04 Å². The normalized spacial score (nSPS) is 12.4. The molecule has 0 unspecified atom stereocenters. The van der Waals surface area contributed by atoms with E-state index in [1.807, 2.05) is 12.1 Å². The van der Waals surface area contributed by atoms with Crippen LogP contribution >= 0.6 is 0 Å². The maximum absolute atomic E-state index is 5.50. The Bertz CT molecular complexity index is 327. The van der Waals surface area contributed by atoms with Crippen LogP contribution in [-0.2, 0) is 9.47 Å². The predicted octanol–water partition coefficient (Wildman–Crippen LogP) is 2.40. The number of benzene rings is 1. The number of hydrogen-bond donors (Lipinski definition) is 1. The largest absolute Gasteiger partial charge is 0.497 e. The minimum atomic E-state index is 0.313. The van der Waals surface area contributed by atoms with Crippen LogP contribution in [0.2, 0.25) is 0 Å². The van der Waals surface area contributed by atoms with E-state index in [9.17, 15) is 0 Å². The van der Waals surface area contributed by atoms with Gasteiger partial charge in [-0.1, -0.05) is 12.1 Å². The first-order chi connectivity index (χ1) is 9.27. The van der Waals surface area contributed by atoms with Gasteiger partial charge in [-0.2, -0.15) is 0 Å². The molecule has 0 saturated carbocycles. The van der Waals surface area contributed by atoms with E-state index in [-0.39, 0.29) is 0 Å². The molecule has 0 saturated heterocycles. The van der Waals surface area contributed by atoms with Crippen LogP contribution in [0, 0.1) is 0 Å². The van der Waals surface area contributed by atoms with Gasteiger partial charge in [0, 0.05) is 32.9 Å². The summed E-state index contributed by atoms with van der Waals surface area (Å²) in [5, 5.41) is 3.43. The Morgan fingerprint density at radius 2 is 1.79 bits per heavy atom. The van der Waals surface area contributed by atoms with Crippen molar-refractivity contribution in [1.82, 2.24) is 5.32 Å². The highest BCUT2D eigenvalue weighted by Gasteiger charge is 2.04. The molecule has 0 spiro atoms. The van der Waals surface area contributed by atoms with E-state index in [1.54, 1.807) is 14.2 Å². The van der Waals surface area contributed by atoms with Crippen LogP contribution in [-0.4, -0.2) is 40.6 Å². The number of methoxy groups -OCH3 is 2. The fourth-order valence-electron chi connectivity index (χ4n) is 1.77. The molecule has 0 radical (unpaired) electrons. The van der Waals surface area contributed by atoms with Crippen LogP contribution in [0.3, 0.4) is 0 Å². The van der Waals surface area contributed by atoms with Gasteiger partial charge in [0.25, 0.3) is 0 Å². The lowest BCUT2D eigenvalue weighted by atomic mass is 10.1. The zero-order valence-corrected chi connectivity index (χ0v) is 12.1. The molecule has 108 valence electrons. The van der Waals surface area contributed by atoms with E-state index in [4.69, 9.17) is 14.2 Å². The van der Waals surface area contributed by atoms with E-state index in [2.05, 4.69) is 24.4 Å². The Kier molecular flexibility index (Phi) is 8.21. The fraction of sp³-hybridized carbons (Fsp3) is 0.600. The third-order valence-electron chi connectivity index (χ3n) is 2.95. The first-order valence-corrected chi connectivity index (χ1v) is 6.72. The topological polar surface area (TPSA) is 39.7 Å². The molecule has 4 nitrogen and oxygen atoms in total. The standard InChI is InChI=1S/C15H25NO3/c1-13(14-5-7-15(18-3)8-6-14)16-9-12-19-11-4-10-17-2/h5-8,13,16H,4,9-12H2,1-3H3/t13-/m1/s1. The minimum absolute atomic E-state index is 0.313. The van der Waals surface area contributed by atoms with E-state index in [0.717, 1.165) is 38.5 Å². The van der Waals surface area contributed by atoms with Crippen LogP contribution in [0.15, 0.2) is 24.3 Å². The summed E-state index contributed by atoms with van der Waals surface area (Å²) in [6.07, 6.45) is 0.949. The van der Waals surface area contributed by atoms with E-state index >= 15 is 0 Å². The predicted molar refractivity (Wildman–Crippen MR) is 76.7 cm³/mol. The molecule has 1 aromatic carbocycles. The van der Waals surface area contributed by atoms with Gasteiger partial charge in [-0.15, -0.1) is 0 Å². The summed E-state index contributed by atoms with van der Waals surface area (Å²) < 4.78 is 15.6. The summed E-state index contributed by atoms with van der Waals surface area (Å²) in [6.45, 7) is 5.24. The molecule has 0 heterocycles. The average Bonchev–Trinajstić information content (AvgIpc) is 2.46. The Balaban J connectivity index is 2.14. The Labute approximate surface area is 116 Å². The molecular formula is C15H25NO3. The smallest absolute Gasteiger partial charge is 0.118 e. The molecule has 1 aromatic rings. The van der Waals surface area contributed by atoms with E-state index in [1.165, 1.54) is 5.56 Å². The van der Waals surface area contributed by atoms with Gasteiger partial charge in [0.2, 0.25) is 0 Å². The van der Waals surface area contributed by atoms with Gasteiger partial charge in [0.1, 0.15) is 5.75 Å². The molecular weight excluding hydrogens is 242 g/mol. The maximum Gasteiger partial charge on any atom is 0.118 e. The second-order valence-corrected chi connectivity index (χ2v) is 4.41. The monoisotopic (exact) mass is 267 g/mol. The van der Waals surface area contributed by atoms with Crippen LogP contribution in [0.25, 0.3) is 0 Å². The molecule has 0 aliphatic heterocycles. The summed E-state index contributed by atoms with van der Waals surface area (Å²) >= 11 is 0. The maximum atomic E-state index is 5.50. The van der Waals surface area contributed by atoms with Crippen molar-refractivity contribution in [3.8, 4) is 5.75 Å². The molecule has 1 rings (SSSR count). The summed E-state index contributed by atoms with van der Waals surface area (Å²) in [7, 11) is 3.38. The van der Waals surface area contributed by atoms with Gasteiger partial charge in [0.15, 0.2) is 0 Å². The van der Waals surface area contributed by atoms with Gasteiger partial charge >= 0.3 is 0 Å². The van der Waals surface area contributed by atoms with Crippen LogP contribution in [0.1, 0.15) is 24.9 Å². The second kappa shape index (κ2) is 9.78. The van der Waals surface area contributed by atoms with Gasteiger partial charge in [-0.25, -0.2) is 0 Å². The molecule has 4 heteroatoms. The number of ether oxygens (including phenoxy) is 3. The lowest BCUT2D eigenvalue weighted by Gasteiger charge is -2.14. The summed E-state index contributed by atoms with van der Waals surface area (Å²) in [4.78, 5) is 0. The number of hydrogen-bond acceptors (Lipinski definition) is 4. The van der Waals surface area contributed by atoms with Crippen molar-refractivity contribution in [3.05, 3.63) is 29.8 Å². The fourth-order valence-corrected chi connectivity index (χ4v) is 1.77. The van der Waals surface area contributed by atoms with Crippen molar-refractivity contribution < 1.29 is 14.2 Å². The number of rotatable bonds is 10. The second-order valence-electron chi connectivity index (χ2n) is 4.41. The summed E-state index contributed by atoms with van der Waals surface area (Å²) in [5.74, 6) is 0.887. The van der Waals surface area contributed by atoms with Gasteiger partial charge < -0.3 is 19.5 Å². The molecule has 0 aliphatic carbocycles. The van der Waals surface area contributed by atoms with Gasteiger partial charge in [-0.3, -0.25) is 0 Å². The van der Waals surface area contributed by atoms with Crippen LogP contribution in [0.4, 0.5) is 0 Å². The summed E-state index contributed by atoms with van der Waals surface area (Å²) in [6, 6.07) is 8.43. The molecule has 19 heavy (non-hydrogen) atoms. The zero-order valence-electron chi connectivity index (χ0n) is 12.1. The lowest BCUT2D eigenvalue weighted by molar-refractivity contribution is 0.103. The Morgan fingerprint density at radius 1 is 1.05 bits per heavy atom. The quantitative estimate of drug-likeness (QED) is 0.661. The third kappa shape index (κ3) is 6.57. The minimum Gasteiger partial charge on any atom is -0.497 e. The molecule has 1 atom stereocenters. The first-order valence-electron chi connectivity index (χ1n) is 6.72. The Hall–Kier alpha value is -1.10. The third-order valence-corrected chi connectivity index (χ3v) is 2.95. The van der Waals surface area contributed by atoms with Crippen LogP contribution in [0.5, 0.6) is 5.75 Å². The van der Waals surface area contributed by atoms with Gasteiger partial charge in [0.05, 0.1) is 13.7 Å². The molecule has 1 N–H and O–H groups in total. The lowest BCUT2D eigenvalue weighted by Crippen LogP contribution is -2.23. The zero-order chi connectivity index (χ0) is 13.9. The molecule has 0 fully saturated rings. The highest BCUT2D eigenvalue weighted by atomic mass is 16.5.